The molecule has 2 amide bonds. The first-order valence-electron chi connectivity index (χ1n) is 7.87. The van der Waals surface area contributed by atoms with Crippen LogP contribution < -0.4 is 10.6 Å². The molecule has 1 aromatic heterocycles. The number of benzene rings is 1. The Hall–Kier alpha value is -2.15. The number of nitrogens with one attached hydrogen (secondary N) is 2. The van der Waals surface area contributed by atoms with Crippen molar-refractivity contribution in [3.05, 3.63) is 46.7 Å². The first-order chi connectivity index (χ1) is 11.5. The second kappa shape index (κ2) is 8.63. The molecule has 2 aromatic rings. The minimum absolute atomic E-state index is 0.0516. The van der Waals surface area contributed by atoms with Crippen LogP contribution in [0.3, 0.4) is 0 Å². The van der Waals surface area contributed by atoms with Crippen LogP contribution in [0.2, 0.25) is 0 Å². The maximum absolute atomic E-state index is 12.1. The molecule has 1 unspecified atom stereocenters. The van der Waals surface area contributed by atoms with Crippen molar-refractivity contribution in [1.29, 1.82) is 0 Å². The molecule has 0 radical (unpaired) electrons. The second-order valence-electron chi connectivity index (χ2n) is 5.53. The Bertz CT molecular complexity index is 697. The SMILES string of the molecule is CCC(C)NC(=O)CCNC(=O)c1ccc(-n2cc(Br)cn2)cc1. The Kier molecular flexibility index (Phi) is 6.54. The lowest BCUT2D eigenvalue weighted by atomic mass is 10.2. The molecular weight excluding hydrogens is 372 g/mol. The zero-order valence-electron chi connectivity index (χ0n) is 13.8. The summed E-state index contributed by atoms with van der Waals surface area (Å²) in [6.07, 6.45) is 4.70. The first-order valence-corrected chi connectivity index (χ1v) is 8.67. The van der Waals surface area contributed by atoms with Crippen LogP contribution in [0.15, 0.2) is 41.1 Å². The first kappa shape index (κ1) is 18.2. The van der Waals surface area contributed by atoms with Crippen molar-refractivity contribution < 1.29 is 9.59 Å². The van der Waals surface area contributed by atoms with E-state index in [9.17, 15) is 9.59 Å². The van der Waals surface area contributed by atoms with Crippen LogP contribution in [-0.4, -0.2) is 34.2 Å². The summed E-state index contributed by atoms with van der Waals surface area (Å²) >= 11 is 3.35. The average molecular weight is 393 g/mol. The van der Waals surface area contributed by atoms with E-state index in [4.69, 9.17) is 0 Å². The molecule has 0 aliphatic carbocycles. The van der Waals surface area contributed by atoms with Gasteiger partial charge in [0.05, 0.1) is 16.4 Å². The van der Waals surface area contributed by atoms with Crippen molar-refractivity contribution in [2.45, 2.75) is 32.7 Å². The number of hydrogen-bond donors (Lipinski definition) is 2. The molecule has 0 spiro atoms. The Balaban J connectivity index is 1.83. The van der Waals surface area contributed by atoms with E-state index < -0.39 is 0 Å². The maximum atomic E-state index is 12.1. The maximum Gasteiger partial charge on any atom is 0.251 e. The number of nitrogens with zero attached hydrogens (tertiary/aromatic N) is 2. The Morgan fingerprint density at radius 3 is 2.58 bits per heavy atom. The minimum Gasteiger partial charge on any atom is -0.354 e. The van der Waals surface area contributed by atoms with Crippen molar-refractivity contribution in [2.24, 2.45) is 0 Å². The highest BCUT2D eigenvalue weighted by atomic mass is 79.9. The second-order valence-corrected chi connectivity index (χ2v) is 6.45. The Morgan fingerprint density at radius 1 is 1.29 bits per heavy atom. The van der Waals surface area contributed by atoms with Gasteiger partial charge in [-0.1, -0.05) is 6.92 Å². The highest BCUT2D eigenvalue weighted by Crippen LogP contribution is 2.13. The van der Waals surface area contributed by atoms with Gasteiger partial charge in [-0.3, -0.25) is 9.59 Å². The van der Waals surface area contributed by atoms with Gasteiger partial charge in [0.25, 0.3) is 5.91 Å². The molecule has 24 heavy (non-hydrogen) atoms. The van der Waals surface area contributed by atoms with E-state index in [1.165, 1.54) is 0 Å². The number of halogens is 1. The van der Waals surface area contributed by atoms with Crippen LogP contribution in [0.5, 0.6) is 0 Å². The van der Waals surface area contributed by atoms with Crippen molar-refractivity contribution >= 4 is 27.7 Å². The zero-order chi connectivity index (χ0) is 17.5. The van der Waals surface area contributed by atoms with Crippen LogP contribution in [0.25, 0.3) is 5.69 Å². The molecule has 6 nitrogen and oxygen atoms in total. The van der Waals surface area contributed by atoms with Gasteiger partial charge in [0.15, 0.2) is 0 Å². The van der Waals surface area contributed by atoms with Crippen LogP contribution >= 0.6 is 15.9 Å². The summed E-state index contributed by atoms with van der Waals surface area (Å²) < 4.78 is 2.60. The highest BCUT2D eigenvalue weighted by molar-refractivity contribution is 9.10. The van der Waals surface area contributed by atoms with Gasteiger partial charge in [-0.2, -0.15) is 5.10 Å². The fourth-order valence-corrected chi connectivity index (χ4v) is 2.33. The molecule has 0 saturated heterocycles. The number of aromatic nitrogens is 2. The summed E-state index contributed by atoms with van der Waals surface area (Å²) in [6.45, 7) is 4.28. The van der Waals surface area contributed by atoms with Gasteiger partial charge in [-0.25, -0.2) is 4.68 Å². The van der Waals surface area contributed by atoms with Gasteiger partial charge in [-0.15, -0.1) is 0 Å². The van der Waals surface area contributed by atoms with Gasteiger partial charge in [0.2, 0.25) is 5.91 Å². The third-order valence-electron chi connectivity index (χ3n) is 3.60. The molecule has 128 valence electrons. The lowest BCUT2D eigenvalue weighted by Gasteiger charge is -2.11. The van der Waals surface area contributed by atoms with Gasteiger partial charge >= 0.3 is 0 Å². The summed E-state index contributed by atoms with van der Waals surface area (Å²) in [5.41, 5.74) is 1.41. The van der Waals surface area contributed by atoms with E-state index in [0.717, 1.165) is 16.6 Å². The van der Waals surface area contributed by atoms with Gasteiger partial charge in [0.1, 0.15) is 0 Å². The van der Waals surface area contributed by atoms with Gasteiger partial charge in [-0.05, 0) is 53.5 Å². The van der Waals surface area contributed by atoms with Crippen molar-refractivity contribution in [3.8, 4) is 5.69 Å². The summed E-state index contributed by atoms with van der Waals surface area (Å²) in [5, 5.41) is 9.81. The molecule has 1 aromatic carbocycles. The summed E-state index contributed by atoms with van der Waals surface area (Å²) in [6, 6.07) is 7.27. The fraction of sp³-hybridized carbons (Fsp3) is 0.353. The average Bonchev–Trinajstić information content (AvgIpc) is 3.01. The molecule has 2 N–H and O–H groups in total. The Morgan fingerprint density at radius 2 is 2.00 bits per heavy atom. The molecule has 0 bridgehead atoms. The van der Waals surface area contributed by atoms with E-state index in [0.29, 0.717) is 12.1 Å². The quantitative estimate of drug-likeness (QED) is 0.760. The van der Waals surface area contributed by atoms with Gasteiger partial charge < -0.3 is 10.6 Å². The standard InChI is InChI=1S/C17H21BrN4O2/c1-3-12(2)21-16(23)8-9-19-17(24)13-4-6-15(7-5-13)22-11-14(18)10-20-22/h4-7,10-12H,3,8-9H2,1-2H3,(H,19,24)(H,21,23). The zero-order valence-corrected chi connectivity index (χ0v) is 15.3. The van der Waals surface area contributed by atoms with Crippen molar-refractivity contribution in [3.63, 3.8) is 0 Å². The predicted octanol–water partition coefficient (Wildman–Crippen LogP) is 2.67. The summed E-state index contributed by atoms with van der Waals surface area (Å²) in [5.74, 6) is -0.246. The van der Waals surface area contributed by atoms with E-state index in [1.807, 2.05) is 32.2 Å². The van der Waals surface area contributed by atoms with Crippen LogP contribution in [0, 0.1) is 0 Å². The predicted molar refractivity (Wildman–Crippen MR) is 96.1 cm³/mol. The molecule has 1 atom stereocenters. The third kappa shape index (κ3) is 5.19. The molecule has 2 rings (SSSR count). The molecule has 0 aliphatic heterocycles. The number of hydrogen-bond acceptors (Lipinski definition) is 3. The topological polar surface area (TPSA) is 76.0 Å². The summed E-state index contributed by atoms with van der Waals surface area (Å²) in [4.78, 5) is 23.7. The monoisotopic (exact) mass is 392 g/mol. The van der Waals surface area contributed by atoms with E-state index in [-0.39, 0.29) is 24.3 Å². The number of carbonyl (C=O) groups excluding carboxylic acids is 2. The molecule has 0 fully saturated rings. The van der Waals surface area contributed by atoms with Gasteiger partial charge in [0, 0.05) is 30.8 Å². The van der Waals surface area contributed by atoms with Crippen molar-refractivity contribution in [2.75, 3.05) is 6.54 Å². The summed E-state index contributed by atoms with van der Waals surface area (Å²) in [7, 11) is 0. The Labute approximate surface area is 149 Å². The lowest BCUT2D eigenvalue weighted by molar-refractivity contribution is -0.121. The fourth-order valence-electron chi connectivity index (χ4n) is 2.05. The third-order valence-corrected chi connectivity index (χ3v) is 4.01. The number of amides is 2. The molecule has 0 aliphatic rings. The van der Waals surface area contributed by atoms with Crippen LogP contribution in [0.1, 0.15) is 37.0 Å². The highest BCUT2D eigenvalue weighted by Gasteiger charge is 2.09. The smallest absolute Gasteiger partial charge is 0.251 e. The van der Waals surface area contributed by atoms with Crippen LogP contribution in [-0.2, 0) is 4.79 Å². The minimum atomic E-state index is -0.195. The number of carbonyl (C=O) groups is 2. The van der Waals surface area contributed by atoms with Crippen LogP contribution in [0.4, 0.5) is 0 Å². The van der Waals surface area contributed by atoms with Crippen molar-refractivity contribution in [1.82, 2.24) is 20.4 Å². The normalized spacial score (nSPS) is 11.8. The van der Waals surface area contributed by atoms with E-state index >= 15 is 0 Å². The van der Waals surface area contributed by atoms with E-state index in [1.54, 1.807) is 23.0 Å². The molecular formula is C17H21BrN4O2. The molecule has 7 heteroatoms. The largest absolute Gasteiger partial charge is 0.354 e. The number of rotatable bonds is 7. The molecule has 0 saturated carbocycles. The molecule has 1 heterocycles. The van der Waals surface area contributed by atoms with E-state index in [2.05, 4.69) is 31.7 Å². The lowest BCUT2D eigenvalue weighted by Crippen LogP contribution is -2.35.